The number of pyridine rings is 1. The molecule has 0 unspecified atom stereocenters. The Kier molecular flexibility index (Phi) is 4.73. The molecule has 0 saturated carbocycles. The fourth-order valence-electron chi connectivity index (χ4n) is 1.51. The molecule has 2 amide bonds. The second-order valence-corrected chi connectivity index (χ2v) is 3.97. The zero-order valence-corrected chi connectivity index (χ0v) is 10.9. The standard InChI is InChI=1S/C14H12N4O3/c19-13(17-16-9-12-3-1-2-8-15-12)10-4-6-11(7-5-10)14(20)18-21/h1-9,21H,(H,17,19)(H,18,20)/b16-9+. The maximum absolute atomic E-state index is 11.8. The SMILES string of the molecule is O=C(NO)c1ccc(C(=O)N/N=C/c2ccccn2)cc1. The van der Waals surface area contributed by atoms with E-state index in [1.807, 2.05) is 0 Å². The molecule has 1 aromatic heterocycles. The fourth-order valence-corrected chi connectivity index (χ4v) is 1.51. The summed E-state index contributed by atoms with van der Waals surface area (Å²) in [7, 11) is 0. The number of amides is 2. The lowest BCUT2D eigenvalue weighted by Crippen LogP contribution is -2.20. The minimum absolute atomic E-state index is 0.242. The van der Waals surface area contributed by atoms with E-state index in [0.717, 1.165) is 0 Å². The number of hydrogen-bond donors (Lipinski definition) is 3. The number of carbonyl (C=O) groups excluding carboxylic acids is 2. The molecule has 2 aromatic rings. The molecule has 3 N–H and O–H groups in total. The van der Waals surface area contributed by atoms with Crippen LogP contribution in [0.15, 0.2) is 53.8 Å². The maximum Gasteiger partial charge on any atom is 0.274 e. The van der Waals surface area contributed by atoms with E-state index < -0.39 is 11.8 Å². The Morgan fingerprint density at radius 1 is 1.05 bits per heavy atom. The molecule has 0 aliphatic carbocycles. The van der Waals surface area contributed by atoms with Crippen molar-refractivity contribution in [3.8, 4) is 0 Å². The molecular weight excluding hydrogens is 272 g/mol. The van der Waals surface area contributed by atoms with Crippen LogP contribution < -0.4 is 10.9 Å². The number of hydrazone groups is 1. The van der Waals surface area contributed by atoms with E-state index >= 15 is 0 Å². The highest BCUT2D eigenvalue weighted by Gasteiger charge is 2.07. The fraction of sp³-hybridized carbons (Fsp3) is 0. The molecule has 2 rings (SSSR count). The number of hydroxylamine groups is 1. The molecule has 106 valence electrons. The molecule has 0 fully saturated rings. The normalized spacial score (nSPS) is 10.3. The molecule has 0 aliphatic rings. The molecule has 0 saturated heterocycles. The minimum Gasteiger partial charge on any atom is -0.288 e. The monoisotopic (exact) mass is 284 g/mol. The van der Waals surface area contributed by atoms with Gasteiger partial charge in [0.15, 0.2) is 0 Å². The Morgan fingerprint density at radius 3 is 2.29 bits per heavy atom. The first-order chi connectivity index (χ1) is 10.2. The topological polar surface area (TPSA) is 104 Å². The molecule has 0 radical (unpaired) electrons. The first kappa shape index (κ1) is 14.4. The molecular formula is C14H12N4O3. The molecule has 0 spiro atoms. The van der Waals surface area contributed by atoms with E-state index in [0.29, 0.717) is 11.3 Å². The van der Waals surface area contributed by atoms with Gasteiger partial charge in [0.05, 0.1) is 11.9 Å². The van der Waals surface area contributed by atoms with Crippen LogP contribution in [0.5, 0.6) is 0 Å². The highest BCUT2D eigenvalue weighted by molar-refractivity contribution is 5.97. The van der Waals surface area contributed by atoms with Crippen molar-refractivity contribution in [1.29, 1.82) is 0 Å². The molecule has 1 aromatic carbocycles. The van der Waals surface area contributed by atoms with E-state index in [1.165, 1.54) is 36.0 Å². The summed E-state index contributed by atoms with van der Waals surface area (Å²) in [5.74, 6) is -1.06. The number of nitrogens with zero attached hydrogens (tertiary/aromatic N) is 2. The number of nitrogens with one attached hydrogen (secondary N) is 2. The van der Waals surface area contributed by atoms with Gasteiger partial charge in [0.25, 0.3) is 11.8 Å². The van der Waals surface area contributed by atoms with Crippen molar-refractivity contribution >= 4 is 18.0 Å². The zero-order valence-electron chi connectivity index (χ0n) is 10.9. The van der Waals surface area contributed by atoms with Gasteiger partial charge in [0, 0.05) is 17.3 Å². The molecule has 7 heteroatoms. The van der Waals surface area contributed by atoms with E-state index in [1.54, 1.807) is 24.4 Å². The first-order valence-corrected chi connectivity index (χ1v) is 5.99. The maximum atomic E-state index is 11.8. The third-order valence-electron chi connectivity index (χ3n) is 2.56. The molecule has 0 bridgehead atoms. The summed E-state index contributed by atoms with van der Waals surface area (Å²) < 4.78 is 0. The minimum atomic E-state index is -0.643. The van der Waals surface area contributed by atoms with E-state index in [4.69, 9.17) is 5.21 Å². The lowest BCUT2D eigenvalue weighted by atomic mass is 10.1. The van der Waals surface area contributed by atoms with Gasteiger partial charge in [-0.3, -0.25) is 19.8 Å². The van der Waals surface area contributed by atoms with Gasteiger partial charge in [-0.15, -0.1) is 0 Å². The van der Waals surface area contributed by atoms with E-state index in [9.17, 15) is 9.59 Å². The van der Waals surface area contributed by atoms with Crippen molar-refractivity contribution < 1.29 is 14.8 Å². The Bertz CT molecular complexity index is 654. The van der Waals surface area contributed by atoms with Crippen LogP contribution in [-0.2, 0) is 0 Å². The van der Waals surface area contributed by atoms with Crippen LogP contribution in [-0.4, -0.2) is 28.2 Å². The lowest BCUT2D eigenvalue weighted by molar-refractivity contribution is 0.0706. The molecule has 7 nitrogen and oxygen atoms in total. The van der Waals surface area contributed by atoms with Crippen LogP contribution in [0.1, 0.15) is 26.4 Å². The Morgan fingerprint density at radius 2 is 1.71 bits per heavy atom. The number of hydrogen-bond acceptors (Lipinski definition) is 5. The van der Waals surface area contributed by atoms with Crippen LogP contribution in [0, 0.1) is 0 Å². The summed E-state index contributed by atoms with van der Waals surface area (Å²) in [5.41, 5.74) is 5.06. The number of rotatable bonds is 4. The van der Waals surface area contributed by atoms with Crippen molar-refractivity contribution in [2.45, 2.75) is 0 Å². The van der Waals surface area contributed by atoms with Gasteiger partial charge < -0.3 is 0 Å². The smallest absolute Gasteiger partial charge is 0.274 e. The predicted molar refractivity (Wildman–Crippen MR) is 75.0 cm³/mol. The van der Waals surface area contributed by atoms with Crippen LogP contribution in [0.3, 0.4) is 0 Å². The Balaban J connectivity index is 1.97. The summed E-state index contributed by atoms with van der Waals surface area (Å²) in [6.07, 6.45) is 3.04. The molecule has 0 atom stereocenters. The summed E-state index contributed by atoms with van der Waals surface area (Å²) in [5, 5.41) is 12.3. The van der Waals surface area contributed by atoms with Gasteiger partial charge in [0.2, 0.25) is 0 Å². The highest BCUT2D eigenvalue weighted by Crippen LogP contribution is 2.04. The van der Waals surface area contributed by atoms with Crippen LogP contribution in [0.4, 0.5) is 0 Å². The Hall–Kier alpha value is -3.06. The quantitative estimate of drug-likeness (QED) is 0.442. The van der Waals surface area contributed by atoms with Crippen molar-refractivity contribution in [1.82, 2.24) is 15.9 Å². The number of aromatic nitrogens is 1. The number of carbonyl (C=O) groups is 2. The predicted octanol–water partition coefficient (Wildman–Crippen LogP) is 0.965. The zero-order chi connectivity index (χ0) is 15.1. The molecule has 21 heavy (non-hydrogen) atoms. The average Bonchev–Trinajstić information content (AvgIpc) is 2.55. The van der Waals surface area contributed by atoms with Crippen molar-refractivity contribution in [3.63, 3.8) is 0 Å². The average molecular weight is 284 g/mol. The van der Waals surface area contributed by atoms with E-state index in [-0.39, 0.29) is 5.56 Å². The van der Waals surface area contributed by atoms with Crippen molar-refractivity contribution in [2.24, 2.45) is 5.10 Å². The number of benzene rings is 1. The first-order valence-electron chi connectivity index (χ1n) is 5.99. The van der Waals surface area contributed by atoms with Crippen molar-refractivity contribution in [3.05, 3.63) is 65.5 Å². The summed E-state index contributed by atoms with van der Waals surface area (Å²) in [4.78, 5) is 26.9. The summed E-state index contributed by atoms with van der Waals surface area (Å²) >= 11 is 0. The highest BCUT2D eigenvalue weighted by atomic mass is 16.5. The summed E-state index contributed by atoms with van der Waals surface area (Å²) in [6.45, 7) is 0. The largest absolute Gasteiger partial charge is 0.288 e. The van der Waals surface area contributed by atoms with Gasteiger partial charge in [-0.05, 0) is 36.4 Å². The Labute approximate surface area is 120 Å². The lowest BCUT2D eigenvalue weighted by Gasteiger charge is -2.01. The van der Waals surface area contributed by atoms with Gasteiger partial charge in [-0.25, -0.2) is 10.9 Å². The van der Waals surface area contributed by atoms with Gasteiger partial charge in [-0.2, -0.15) is 5.10 Å². The van der Waals surface area contributed by atoms with Gasteiger partial charge in [-0.1, -0.05) is 6.07 Å². The van der Waals surface area contributed by atoms with Crippen LogP contribution in [0.2, 0.25) is 0 Å². The second-order valence-electron chi connectivity index (χ2n) is 3.97. The van der Waals surface area contributed by atoms with E-state index in [2.05, 4.69) is 15.5 Å². The summed E-state index contributed by atoms with van der Waals surface area (Å²) in [6, 6.07) is 11.1. The molecule has 0 aliphatic heterocycles. The van der Waals surface area contributed by atoms with Crippen LogP contribution in [0.25, 0.3) is 0 Å². The third kappa shape index (κ3) is 3.95. The molecule has 1 heterocycles. The second kappa shape index (κ2) is 6.92. The van der Waals surface area contributed by atoms with Crippen LogP contribution >= 0.6 is 0 Å². The van der Waals surface area contributed by atoms with Crippen molar-refractivity contribution in [2.75, 3.05) is 0 Å². The third-order valence-corrected chi connectivity index (χ3v) is 2.56. The van der Waals surface area contributed by atoms with Gasteiger partial charge >= 0.3 is 0 Å². The van der Waals surface area contributed by atoms with Gasteiger partial charge in [0.1, 0.15) is 0 Å².